The summed E-state index contributed by atoms with van der Waals surface area (Å²) in [6, 6.07) is 10.1. The molecular weight excluding hydrogens is 312 g/mol. The average Bonchev–Trinajstić information content (AvgIpc) is 2.62. The minimum Gasteiger partial charge on any atom is -0.362 e. The number of benzene rings is 1. The van der Waals surface area contributed by atoms with Crippen molar-refractivity contribution in [2.75, 3.05) is 25.5 Å². The van der Waals surface area contributed by atoms with Crippen LogP contribution in [0.25, 0.3) is 0 Å². The first kappa shape index (κ1) is 17.4. The van der Waals surface area contributed by atoms with Gasteiger partial charge in [0, 0.05) is 32.6 Å². The summed E-state index contributed by atoms with van der Waals surface area (Å²) in [6.07, 6.45) is 1.59. The molecule has 0 N–H and O–H groups in total. The van der Waals surface area contributed by atoms with Gasteiger partial charge in [0.25, 0.3) is 0 Å². The first-order chi connectivity index (χ1) is 12.0. The molecule has 0 spiro atoms. The van der Waals surface area contributed by atoms with Gasteiger partial charge in [-0.25, -0.2) is 9.97 Å². The third-order valence-electron chi connectivity index (χ3n) is 4.79. The number of amides is 1. The Hall–Kier alpha value is -2.43. The summed E-state index contributed by atoms with van der Waals surface area (Å²) in [5, 5.41) is 0. The second-order valence-corrected chi connectivity index (χ2v) is 6.80. The predicted molar refractivity (Wildman–Crippen MR) is 99.7 cm³/mol. The zero-order chi connectivity index (χ0) is 18.0. The van der Waals surface area contributed by atoms with Crippen LogP contribution in [0.15, 0.2) is 30.3 Å². The Morgan fingerprint density at radius 2 is 1.96 bits per heavy atom. The standard InChI is InChI=1S/C20H26N4O/c1-5-16(15-9-7-6-8-10-15)20(25)24-12-11-18-17(13-24)19(23(3)4)22-14(2)21-18/h6-10,16H,5,11-13H2,1-4H3. The Kier molecular flexibility index (Phi) is 5.02. The zero-order valence-corrected chi connectivity index (χ0v) is 15.5. The Morgan fingerprint density at radius 1 is 1.24 bits per heavy atom. The summed E-state index contributed by atoms with van der Waals surface area (Å²) in [5.74, 6) is 1.83. The molecule has 0 saturated heterocycles. The average molecular weight is 338 g/mol. The van der Waals surface area contributed by atoms with E-state index in [-0.39, 0.29) is 11.8 Å². The van der Waals surface area contributed by atoms with Gasteiger partial charge < -0.3 is 9.80 Å². The van der Waals surface area contributed by atoms with Gasteiger partial charge >= 0.3 is 0 Å². The molecule has 1 aromatic carbocycles. The number of anilines is 1. The molecule has 1 amide bonds. The number of aromatic nitrogens is 2. The molecule has 0 saturated carbocycles. The lowest BCUT2D eigenvalue weighted by molar-refractivity contribution is -0.133. The first-order valence-corrected chi connectivity index (χ1v) is 8.88. The van der Waals surface area contributed by atoms with Crippen LogP contribution in [0.3, 0.4) is 0 Å². The van der Waals surface area contributed by atoms with Crippen molar-refractivity contribution in [1.82, 2.24) is 14.9 Å². The molecular formula is C20H26N4O. The predicted octanol–water partition coefficient (Wildman–Crippen LogP) is 2.93. The molecule has 5 heteroatoms. The van der Waals surface area contributed by atoms with Gasteiger partial charge in [0.15, 0.2) is 0 Å². The molecule has 1 aliphatic rings. The van der Waals surface area contributed by atoms with Gasteiger partial charge in [0.2, 0.25) is 5.91 Å². The second-order valence-electron chi connectivity index (χ2n) is 6.80. The highest BCUT2D eigenvalue weighted by atomic mass is 16.2. The maximum atomic E-state index is 13.2. The SMILES string of the molecule is CCC(C(=O)N1CCc2nc(C)nc(N(C)C)c2C1)c1ccccc1. The van der Waals surface area contributed by atoms with Crippen molar-refractivity contribution < 1.29 is 4.79 Å². The van der Waals surface area contributed by atoms with Crippen LogP contribution in [0, 0.1) is 6.92 Å². The van der Waals surface area contributed by atoms with Gasteiger partial charge in [-0.2, -0.15) is 0 Å². The summed E-state index contributed by atoms with van der Waals surface area (Å²) in [4.78, 5) is 26.3. The number of aryl methyl sites for hydroxylation is 1. The fourth-order valence-electron chi connectivity index (χ4n) is 3.53. The van der Waals surface area contributed by atoms with Gasteiger partial charge in [-0.05, 0) is 18.9 Å². The van der Waals surface area contributed by atoms with Crippen molar-refractivity contribution in [3.63, 3.8) is 0 Å². The number of hydrogen-bond donors (Lipinski definition) is 0. The number of carbonyl (C=O) groups is 1. The molecule has 0 aliphatic carbocycles. The van der Waals surface area contributed by atoms with Crippen LogP contribution < -0.4 is 4.90 Å². The molecule has 0 bridgehead atoms. The number of carbonyl (C=O) groups excluding carboxylic acids is 1. The summed E-state index contributed by atoms with van der Waals surface area (Å²) in [5.41, 5.74) is 3.25. The summed E-state index contributed by atoms with van der Waals surface area (Å²) >= 11 is 0. The van der Waals surface area contributed by atoms with Crippen molar-refractivity contribution in [1.29, 1.82) is 0 Å². The van der Waals surface area contributed by atoms with Gasteiger partial charge in [0.05, 0.1) is 18.2 Å². The van der Waals surface area contributed by atoms with E-state index in [1.807, 2.05) is 61.2 Å². The monoisotopic (exact) mass is 338 g/mol. The van der Waals surface area contributed by atoms with E-state index in [0.717, 1.165) is 47.8 Å². The quantitative estimate of drug-likeness (QED) is 0.860. The molecule has 1 atom stereocenters. The van der Waals surface area contributed by atoms with Crippen LogP contribution in [0.5, 0.6) is 0 Å². The molecule has 3 rings (SSSR count). The lowest BCUT2D eigenvalue weighted by Crippen LogP contribution is -2.40. The van der Waals surface area contributed by atoms with Crippen molar-refractivity contribution in [3.05, 3.63) is 53.0 Å². The zero-order valence-electron chi connectivity index (χ0n) is 15.5. The second kappa shape index (κ2) is 7.21. The molecule has 1 aromatic heterocycles. The molecule has 0 radical (unpaired) electrons. The Morgan fingerprint density at radius 3 is 2.60 bits per heavy atom. The van der Waals surface area contributed by atoms with E-state index in [0.29, 0.717) is 6.54 Å². The van der Waals surface area contributed by atoms with Gasteiger partial charge in [-0.15, -0.1) is 0 Å². The smallest absolute Gasteiger partial charge is 0.230 e. The van der Waals surface area contributed by atoms with E-state index in [4.69, 9.17) is 0 Å². The van der Waals surface area contributed by atoms with Crippen molar-refractivity contribution in [3.8, 4) is 0 Å². The van der Waals surface area contributed by atoms with Crippen LogP contribution in [0.4, 0.5) is 5.82 Å². The largest absolute Gasteiger partial charge is 0.362 e. The molecule has 1 unspecified atom stereocenters. The van der Waals surface area contributed by atoms with E-state index in [1.165, 1.54) is 0 Å². The third-order valence-corrected chi connectivity index (χ3v) is 4.79. The van der Waals surface area contributed by atoms with Crippen molar-refractivity contribution in [2.45, 2.75) is 39.2 Å². The highest BCUT2D eigenvalue weighted by molar-refractivity contribution is 5.84. The van der Waals surface area contributed by atoms with Crippen LogP contribution in [-0.2, 0) is 17.8 Å². The van der Waals surface area contributed by atoms with E-state index in [2.05, 4.69) is 16.9 Å². The fourth-order valence-corrected chi connectivity index (χ4v) is 3.53. The number of hydrogen-bond acceptors (Lipinski definition) is 4. The number of nitrogens with zero attached hydrogens (tertiary/aromatic N) is 4. The molecule has 5 nitrogen and oxygen atoms in total. The minimum atomic E-state index is -0.0862. The maximum absolute atomic E-state index is 13.2. The topological polar surface area (TPSA) is 49.3 Å². The van der Waals surface area contributed by atoms with Gasteiger partial charge in [-0.1, -0.05) is 37.3 Å². The molecule has 25 heavy (non-hydrogen) atoms. The first-order valence-electron chi connectivity index (χ1n) is 8.88. The van der Waals surface area contributed by atoms with E-state index >= 15 is 0 Å². The van der Waals surface area contributed by atoms with E-state index in [9.17, 15) is 4.79 Å². The Bertz CT molecular complexity index is 758. The molecule has 132 valence electrons. The highest BCUT2D eigenvalue weighted by Gasteiger charge is 2.30. The third kappa shape index (κ3) is 3.50. The summed E-state index contributed by atoms with van der Waals surface area (Å²) in [6.45, 7) is 5.31. The number of rotatable bonds is 4. The fraction of sp³-hybridized carbons (Fsp3) is 0.450. The van der Waals surface area contributed by atoms with Gasteiger partial charge in [-0.3, -0.25) is 4.79 Å². The van der Waals surface area contributed by atoms with Crippen LogP contribution in [-0.4, -0.2) is 41.4 Å². The maximum Gasteiger partial charge on any atom is 0.230 e. The van der Waals surface area contributed by atoms with E-state index < -0.39 is 0 Å². The lowest BCUT2D eigenvalue weighted by Gasteiger charge is -2.33. The van der Waals surface area contributed by atoms with Crippen LogP contribution >= 0.6 is 0 Å². The van der Waals surface area contributed by atoms with Crippen LogP contribution in [0.1, 0.15) is 41.9 Å². The number of fused-ring (bicyclic) bond motifs is 1. The van der Waals surface area contributed by atoms with E-state index in [1.54, 1.807) is 0 Å². The summed E-state index contributed by atoms with van der Waals surface area (Å²) in [7, 11) is 3.98. The minimum absolute atomic E-state index is 0.0862. The molecule has 0 fully saturated rings. The summed E-state index contributed by atoms with van der Waals surface area (Å²) < 4.78 is 0. The Labute approximate surface area is 149 Å². The normalized spacial score (nSPS) is 14.8. The molecule has 1 aliphatic heterocycles. The Balaban J connectivity index is 1.88. The molecule has 2 heterocycles. The van der Waals surface area contributed by atoms with Crippen LogP contribution in [0.2, 0.25) is 0 Å². The van der Waals surface area contributed by atoms with Crippen molar-refractivity contribution >= 4 is 11.7 Å². The van der Waals surface area contributed by atoms with Crippen molar-refractivity contribution in [2.24, 2.45) is 0 Å². The van der Waals surface area contributed by atoms with Gasteiger partial charge in [0.1, 0.15) is 11.6 Å². The molecule has 2 aromatic rings. The lowest BCUT2D eigenvalue weighted by atomic mass is 9.93. The highest BCUT2D eigenvalue weighted by Crippen LogP contribution is 2.29.